The van der Waals surface area contributed by atoms with Crippen LogP contribution < -0.4 is 4.74 Å². The number of ether oxygens (including phenoxy) is 1. The van der Waals surface area contributed by atoms with Gasteiger partial charge in [0.1, 0.15) is 11.5 Å². The van der Waals surface area contributed by atoms with Crippen LogP contribution in [0.25, 0.3) is 55.3 Å². The summed E-state index contributed by atoms with van der Waals surface area (Å²) in [5.74, 6) is 1.63. The molecule has 1 heterocycles. The second-order valence-corrected chi connectivity index (χ2v) is 20.1. The maximum absolute atomic E-state index is 6.78. The summed E-state index contributed by atoms with van der Waals surface area (Å²) in [4.78, 5) is 0. The molecule has 0 aromatic heterocycles. The maximum atomic E-state index is 6.78. The molecule has 1 heteroatoms. The maximum Gasteiger partial charge on any atom is 0.132 e. The average Bonchev–Trinajstić information content (AvgIpc) is 3.94. The third-order valence-electron chi connectivity index (χ3n) is 16.6. The summed E-state index contributed by atoms with van der Waals surface area (Å²) in [5, 5.41) is 2.49. The minimum Gasteiger partial charge on any atom is -0.457 e. The fourth-order valence-electron chi connectivity index (χ4n) is 13.6. The lowest BCUT2D eigenvalue weighted by Crippen LogP contribution is -2.32. The number of para-hydroxylation sites is 2. The fraction of sp³-hybridized carbons (Fsp3) is 0.0411. The van der Waals surface area contributed by atoms with Gasteiger partial charge in [-0.15, -0.1) is 0 Å². The third-order valence-corrected chi connectivity index (χ3v) is 16.6. The standard InChI is InChI=1S/C73H48O/c1-4-22-50(23-5-1)70-55-28-11-10-21-48(55)43-45-56(70)49-39-41-51(42-40-49)69(52-44-46-58-57-29-12-14-32-61(57)72(66(58)47-52,53-24-6-2-7-25-53)54-26-8-3-9-27-54)60-31-20-36-65-71(60)59-30-13-15-33-62(59)73(65)63-34-16-18-37-67(63)74-68-38-19-17-35-64(68)73/h1-47,69H. The Morgan fingerprint density at radius 2 is 0.797 bits per heavy atom. The molecule has 1 atom stereocenters. The highest BCUT2D eigenvalue weighted by atomic mass is 16.5. The van der Waals surface area contributed by atoms with Crippen LogP contribution in [0, 0.1) is 0 Å². The lowest BCUT2D eigenvalue weighted by atomic mass is 9.65. The summed E-state index contributed by atoms with van der Waals surface area (Å²) in [6.07, 6.45) is 0. The Kier molecular flexibility index (Phi) is 9.53. The first-order chi connectivity index (χ1) is 36.7. The van der Waals surface area contributed by atoms with Gasteiger partial charge in [-0.1, -0.05) is 273 Å². The molecule has 1 spiro atoms. The predicted molar refractivity (Wildman–Crippen MR) is 303 cm³/mol. The van der Waals surface area contributed by atoms with Crippen molar-refractivity contribution >= 4 is 10.8 Å². The Labute approximate surface area is 432 Å². The number of hydrogen-bond donors (Lipinski definition) is 0. The second kappa shape index (κ2) is 16.6. The molecule has 0 saturated heterocycles. The van der Waals surface area contributed by atoms with Crippen molar-refractivity contribution in [3.8, 4) is 56.0 Å². The zero-order valence-electron chi connectivity index (χ0n) is 40.6. The van der Waals surface area contributed by atoms with Crippen LogP contribution in [0.15, 0.2) is 285 Å². The van der Waals surface area contributed by atoms with E-state index in [-0.39, 0.29) is 5.92 Å². The SMILES string of the molecule is c1ccc(-c2c(-c3ccc(C(c4ccc5c(c4)C(c4ccccc4)(c4ccccc4)c4ccccc4-5)c4cccc5c4-c4ccccc4C54c5ccccc5Oc5ccccc54)cc3)ccc3ccccc23)cc1. The van der Waals surface area contributed by atoms with E-state index in [0.29, 0.717) is 0 Å². The smallest absolute Gasteiger partial charge is 0.132 e. The van der Waals surface area contributed by atoms with Crippen LogP contribution in [-0.2, 0) is 10.8 Å². The number of hydrogen-bond acceptors (Lipinski definition) is 1. The van der Waals surface area contributed by atoms with E-state index in [1.165, 1.54) is 116 Å². The van der Waals surface area contributed by atoms with E-state index in [1.807, 2.05) is 0 Å². The monoisotopic (exact) mass is 940 g/mol. The van der Waals surface area contributed by atoms with E-state index in [1.54, 1.807) is 0 Å². The van der Waals surface area contributed by atoms with Crippen LogP contribution in [0.1, 0.15) is 67.1 Å². The summed E-state index contributed by atoms with van der Waals surface area (Å²) in [7, 11) is 0. The summed E-state index contributed by atoms with van der Waals surface area (Å²) in [6.45, 7) is 0. The minimum absolute atomic E-state index is 0.156. The van der Waals surface area contributed by atoms with Crippen molar-refractivity contribution in [1.29, 1.82) is 0 Å². The molecule has 0 amide bonds. The molecule has 346 valence electrons. The highest BCUT2D eigenvalue weighted by Crippen LogP contribution is 2.64. The highest BCUT2D eigenvalue weighted by Gasteiger charge is 2.52. The van der Waals surface area contributed by atoms with E-state index in [0.717, 1.165) is 11.5 Å². The van der Waals surface area contributed by atoms with Crippen LogP contribution in [0.2, 0.25) is 0 Å². The van der Waals surface area contributed by atoms with Crippen LogP contribution in [0.5, 0.6) is 11.5 Å². The molecule has 2 aliphatic carbocycles. The minimum atomic E-state index is -0.596. The van der Waals surface area contributed by atoms with Crippen molar-refractivity contribution in [2.45, 2.75) is 16.7 Å². The lowest BCUT2D eigenvalue weighted by molar-refractivity contribution is 0.436. The molecule has 0 N–H and O–H groups in total. The van der Waals surface area contributed by atoms with Gasteiger partial charge in [0.05, 0.1) is 10.8 Å². The number of fused-ring (bicyclic) bond motifs is 13. The van der Waals surface area contributed by atoms with Gasteiger partial charge in [-0.25, -0.2) is 0 Å². The largest absolute Gasteiger partial charge is 0.457 e. The molecular weight excluding hydrogens is 893 g/mol. The van der Waals surface area contributed by atoms with Gasteiger partial charge in [0.25, 0.3) is 0 Å². The molecule has 0 saturated carbocycles. The molecule has 1 aliphatic heterocycles. The van der Waals surface area contributed by atoms with Crippen LogP contribution >= 0.6 is 0 Å². The van der Waals surface area contributed by atoms with Gasteiger partial charge in [0.2, 0.25) is 0 Å². The fourth-order valence-corrected chi connectivity index (χ4v) is 13.6. The predicted octanol–water partition coefficient (Wildman–Crippen LogP) is 18.2. The van der Waals surface area contributed by atoms with E-state index in [4.69, 9.17) is 4.74 Å². The summed E-state index contributed by atoms with van der Waals surface area (Å²) in [6, 6.07) is 106. The average molecular weight is 941 g/mol. The Balaban J connectivity index is 1.01. The molecule has 0 radical (unpaired) electrons. The molecule has 15 rings (SSSR count). The Bertz CT molecular complexity index is 4070. The molecular formula is C73H48O. The Hall–Kier alpha value is -9.30. The first-order valence-corrected chi connectivity index (χ1v) is 25.9. The summed E-state index contributed by atoms with van der Waals surface area (Å²) in [5.41, 5.74) is 22.6. The summed E-state index contributed by atoms with van der Waals surface area (Å²) < 4.78 is 6.78. The van der Waals surface area contributed by atoms with Gasteiger partial charge in [-0.3, -0.25) is 0 Å². The first kappa shape index (κ1) is 42.4. The molecule has 3 aliphatic rings. The molecule has 1 nitrogen and oxygen atoms in total. The second-order valence-electron chi connectivity index (χ2n) is 20.1. The first-order valence-electron chi connectivity index (χ1n) is 25.9. The highest BCUT2D eigenvalue weighted by molar-refractivity contribution is 6.04. The normalized spacial score (nSPS) is 14.2. The van der Waals surface area contributed by atoms with E-state index in [2.05, 4.69) is 285 Å². The Morgan fingerprint density at radius 1 is 0.284 bits per heavy atom. The van der Waals surface area contributed by atoms with Crippen LogP contribution in [-0.4, -0.2) is 0 Å². The van der Waals surface area contributed by atoms with Crippen molar-refractivity contribution in [1.82, 2.24) is 0 Å². The van der Waals surface area contributed by atoms with Crippen LogP contribution in [0.4, 0.5) is 0 Å². The van der Waals surface area contributed by atoms with Gasteiger partial charge < -0.3 is 4.74 Å². The van der Waals surface area contributed by atoms with Gasteiger partial charge in [0.15, 0.2) is 0 Å². The van der Waals surface area contributed by atoms with Crippen molar-refractivity contribution in [3.63, 3.8) is 0 Å². The van der Waals surface area contributed by atoms with E-state index < -0.39 is 10.8 Å². The van der Waals surface area contributed by atoms with Crippen molar-refractivity contribution in [3.05, 3.63) is 346 Å². The van der Waals surface area contributed by atoms with Gasteiger partial charge in [-0.05, 0) is 117 Å². The van der Waals surface area contributed by atoms with Gasteiger partial charge >= 0.3 is 0 Å². The van der Waals surface area contributed by atoms with E-state index in [9.17, 15) is 0 Å². The van der Waals surface area contributed by atoms with Crippen LogP contribution in [0.3, 0.4) is 0 Å². The molecule has 74 heavy (non-hydrogen) atoms. The van der Waals surface area contributed by atoms with Gasteiger partial charge in [0, 0.05) is 17.0 Å². The van der Waals surface area contributed by atoms with Gasteiger partial charge in [-0.2, -0.15) is 0 Å². The van der Waals surface area contributed by atoms with E-state index >= 15 is 0 Å². The number of rotatable bonds is 7. The lowest BCUT2D eigenvalue weighted by Gasteiger charge is -2.39. The van der Waals surface area contributed by atoms with Crippen molar-refractivity contribution < 1.29 is 4.74 Å². The topological polar surface area (TPSA) is 9.23 Å². The Morgan fingerprint density at radius 3 is 1.49 bits per heavy atom. The molecule has 0 fully saturated rings. The zero-order valence-corrected chi connectivity index (χ0v) is 40.6. The third kappa shape index (κ3) is 5.99. The molecule has 0 bridgehead atoms. The number of benzene rings is 12. The zero-order chi connectivity index (χ0) is 48.8. The van der Waals surface area contributed by atoms with Crippen molar-refractivity contribution in [2.24, 2.45) is 0 Å². The quantitative estimate of drug-likeness (QED) is 0.145. The molecule has 12 aromatic carbocycles. The molecule has 1 unspecified atom stereocenters. The summed E-state index contributed by atoms with van der Waals surface area (Å²) >= 11 is 0. The molecule has 12 aromatic rings. The van der Waals surface area contributed by atoms with Crippen molar-refractivity contribution in [2.75, 3.05) is 0 Å².